The number of halogens is 1. The van der Waals surface area contributed by atoms with Crippen molar-refractivity contribution in [2.75, 3.05) is 0 Å². The van der Waals surface area contributed by atoms with Crippen LogP contribution in [0.4, 0.5) is 4.39 Å². The summed E-state index contributed by atoms with van der Waals surface area (Å²) in [5.41, 5.74) is 2.55. The number of pyridine rings is 1. The molecule has 0 N–H and O–H groups in total. The molecule has 114 valence electrons. The van der Waals surface area contributed by atoms with Crippen LogP contribution in [0.5, 0.6) is 0 Å². The number of aryl methyl sites for hydroxylation is 1. The van der Waals surface area contributed by atoms with Gasteiger partial charge in [0.05, 0.1) is 6.42 Å². The fourth-order valence-corrected chi connectivity index (χ4v) is 2.50. The molecule has 0 bridgehead atoms. The van der Waals surface area contributed by atoms with Crippen molar-refractivity contribution in [3.63, 3.8) is 0 Å². The molecule has 3 aromatic heterocycles. The molecule has 0 fully saturated rings. The molecule has 5 nitrogen and oxygen atoms in total. The minimum Gasteiger partial charge on any atom is -0.419 e. The SMILES string of the molecule is Cc1cccn2c(F)c(-c3nnc(Cc4ccccc4)o3)nc12. The summed E-state index contributed by atoms with van der Waals surface area (Å²) in [6, 6.07) is 13.4. The van der Waals surface area contributed by atoms with E-state index in [2.05, 4.69) is 15.2 Å². The van der Waals surface area contributed by atoms with E-state index in [-0.39, 0.29) is 11.6 Å². The zero-order valence-electron chi connectivity index (χ0n) is 12.4. The zero-order valence-corrected chi connectivity index (χ0v) is 12.4. The van der Waals surface area contributed by atoms with Crippen LogP contribution in [0.3, 0.4) is 0 Å². The molecule has 4 rings (SSSR count). The number of aromatic nitrogens is 4. The fraction of sp³-hybridized carbons (Fsp3) is 0.118. The lowest BCUT2D eigenvalue weighted by Gasteiger charge is -1.95. The van der Waals surface area contributed by atoms with E-state index in [9.17, 15) is 4.39 Å². The number of fused-ring (bicyclic) bond motifs is 1. The molecular formula is C17H13FN4O. The lowest BCUT2D eigenvalue weighted by atomic mass is 10.2. The van der Waals surface area contributed by atoms with Gasteiger partial charge in [0.25, 0.3) is 5.89 Å². The van der Waals surface area contributed by atoms with Crippen LogP contribution < -0.4 is 0 Å². The summed E-state index contributed by atoms with van der Waals surface area (Å²) in [6.45, 7) is 1.88. The van der Waals surface area contributed by atoms with Crippen LogP contribution >= 0.6 is 0 Å². The molecule has 0 atom stereocenters. The Balaban J connectivity index is 1.72. The lowest BCUT2D eigenvalue weighted by Crippen LogP contribution is -1.89. The van der Waals surface area contributed by atoms with Gasteiger partial charge in [0.1, 0.15) is 5.65 Å². The minimum absolute atomic E-state index is 0.0751. The zero-order chi connectivity index (χ0) is 15.8. The van der Waals surface area contributed by atoms with Crippen LogP contribution in [0.15, 0.2) is 53.1 Å². The van der Waals surface area contributed by atoms with Gasteiger partial charge in [-0.3, -0.25) is 4.40 Å². The van der Waals surface area contributed by atoms with Gasteiger partial charge in [0, 0.05) is 6.20 Å². The molecule has 0 aliphatic heterocycles. The maximum absolute atomic E-state index is 14.5. The second-order valence-corrected chi connectivity index (χ2v) is 5.30. The van der Waals surface area contributed by atoms with Crippen LogP contribution in [0.25, 0.3) is 17.2 Å². The molecule has 0 spiro atoms. The summed E-state index contributed by atoms with van der Waals surface area (Å²) in [4.78, 5) is 4.29. The van der Waals surface area contributed by atoms with Crippen molar-refractivity contribution >= 4 is 5.65 Å². The maximum atomic E-state index is 14.5. The van der Waals surface area contributed by atoms with Crippen LogP contribution in [-0.4, -0.2) is 19.6 Å². The second-order valence-electron chi connectivity index (χ2n) is 5.30. The molecule has 0 amide bonds. The van der Waals surface area contributed by atoms with Gasteiger partial charge in [-0.05, 0) is 24.1 Å². The molecule has 3 heterocycles. The van der Waals surface area contributed by atoms with Gasteiger partial charge in [-0.2, -0.15) is 4.39 Å². The molecule has 0 aliphatic rings. The van der Waals surface area contributed by atoms with Crippen molar-refractivity contribution in [1.29, 1.82) is 0 Å². The standard InChI is InChI=1S/C17H13FN4O/c1-11-6-5-9-22-15(18)14(19-16(11)22)17-21-20-13(23-17)10-12-7-3-2-4-8-12/h2-9H,10H2,1H3. The van der Waals surface area contributed by atoms with Crippen molar-refractivity contribution in [2.24, 2.45) is 0 Å². The molecular weight excluding hydrogens is 295 g/mol. The highest BCUT2D eigenvalue weighted by Crippen LogP contribution is 2.24. The topological polar surface area (TPSA) is 56.2 Å². The monoisotopic (exact) mass is 308 g/mol. The first-order valence-corrected chi connectivity index (χ1v) is 7.22. The number of imidazole rings is 1. The summed E-state index contributed by atoms with van der Waals surface area (Å²) < 4.78 is 21.5. The van der Waals surface area contributed by atoms with Crippen molar-refractivity contribution in [2.45, 2.75) is 13.3 Å². The molecule has 1 aromatic carbocycles. The van der Waals surface area contributed by atoms with Crippen LogP contribution in [-0.2, 0) is 6.42 Å². The Bertz CT molecular complexity index is 975. The van der Waals surface area contributed by atoms with Gasteiger partial charge in [0.15, 0.2) is 5.69 Å². The van der Waals surface area contributed by atoms with E-state index in [0.717, 1.165) is 11.1 Å². The van der Waals surface area contributed by atoms with Gasteiger partial charge in [-0.15, -0.1) is 10.2 Å². The molecule has 0 saturated carbocycles. The minimum atomic E-state index is -0.501. The molecule has 6 heteroatoms. The number of hydrogen-bond acceptors (Lipinski definition) is 4. The Morgan fingerprint density at radius 3 is 2.70 bits per heavy atom. The number of benzene rings is 1. The second kappa shape index (κ2) is 5.31. The van der Waals surface area contributed by atoms with Crippen molar-refractivity contribution in [1.82, 2.24) is 19.6 Å². The van der Waals surface area contributed by atoms with Crippen LogP contribution in [0.1, 0.15) is 17.0 Å². The Hall–Kier alpha value is -3.02. The van der Waals surface area contributed by atoms with Gasteiger partial charge in [0.2, 0.25) is 11.8 Å². The Morgan fingerprint density at radius 1 is 1.09 bits per heavy atom. The van der Waals surface area contributed by atoms with E-state index in [0.29, 0.717) is 18.0 Å². The Labute approximate surface area is 131 Å². The summed E-state index contributed by atoms with van der Waals surface area (Å²) in [6.07, 6.45) is 2.12. The van der Waals surface area contributed by atoms with Gasteiger partial charge >= 0.3 is 0 Å². The quantitative estimate of drug-likeness (QED) is 0.582. The van der Waals surface area contributed by atoms with E-state index in [4.69, 9.17) is 4.42 Å². The Kier molecular flexibility index (Phi) is 3.15. The first kappa shape index (κ1) is 13.6. The molecule has 23 heavy (non-hydrogen) atoms. The third-order valence-electron chi connectivity index (χ3n) is 3.65. The van der Waals surface area contributed by atoms with E-state index >= 15 is 0 Å². The Morgan fingerprint density at radius 2 is 1.91 bits per heavy atom. The van der Waals surface area contributed by atoms with Gasteiger partial charge in [-0.1, -0.05) is 36.4 Å². The molecule has 0 aliphatic carbocycles. The van der Waals surface area contributed by atoms with E-state index < -0.39 is 5.95 Å². The number of nitrogens with zero attached hydrogens (tertiary/aromatic N) is 4. The molecule has 0 radical (unpaired) electrons. The third kappa shape index (κ3) is 2.38. The largest absolute Gasteiger partial charge is 0.419 e. The molecule has 0 unspecified atom stereocenters. The van der Waals surface area contributed by atoms with Gasteiger partial charge < -0.3 is 4.42 Å². The van der Waals surface area contributed by atoms with Crippen molar-refractivity contribution in [3.8, 4) is 11.6 Å². The average Bonchev–Trinajstić information content (AvgIpc) is 3.14. The number of hydrogen-bond donors (Lipinski definition) is 0. The third-order valence-corrected chi connectivity index (χ3v) is 3.65. The average molecular weight is 308 g/mol. The van der Waals surface area contributed by atoms with Crippen LogP contribution in [0, 0.1) is 12.9 Å². The van der Waals surface area contributed by atoms with E-state index in [1.165, 1.54) is 4.40 Å². The predicted molar refractivity (Wildman–Crippen MR) is 82.4 cm³/mol. The first-order chi connectivity index (χ1) is 11.2. The number of rotatable bonds is 3. The molecule has 0 saturated heterocycles. The summed E-state index contributed by atoms with van der Waals surface area (Å²) in [5.74, 6) is 0.0227. The fourth-order valence-electron chi connectivity index (χ4n) is 2.50. The van der Waals surface area contributed by atoms with Crippen LogP contribution in [0.2, 0.25) is 0 Å². The van der Waals surface area contributed by atoms with E-state index in [1.54, 1.807) is 12.3 Å². The maximum Gasteiger partial charge on any atom is 0.271 e. The van der Waals surface area contributed by atoms with Crippen molar-refractivity contribution < 1.29 is 8.81 Å². The summed E-state index contributed by atoms with van der Waals surface area (Å²) in [5, 5.41) is 7.92. The normalized spacial score (nSPS) is 11.2. The predicted octanol–water partition coefficient (Wildman–Crippen LogP) is 3.42. The highest BCUT2D eigenvalue weighted by atomic mass is 19.1. The molecule has 4 aromatic rings. The lowest BCUT2D eigenvalue weighted by molar-refractivity contribution is 0.507. The van der Waals surface area contributed by atoms with Crippen molar-refractivity contribution in [3.05, 3.63) is 71.6 Å². The summed E-state index contributed by atoms with van der Waals surface area (Å²) in [7, 11) is 0. The highest BCUT2D eigenvalue weighted by molar-refractivity contribution is 5.58. The summed E-state index contributed by atoms with van der Waals surface area (Å²) >= 11 is 0. The smallest absolute Gasteiger partial charge is 0.271 e. The first-order valence-electron chi connectivity index (χ1n) is 7.22. The van der Waals surface area contributed by atoms with E-state index in [1.807, 2.05) is 43.3 Å². The van der Waals surface area contributed by atoms with Gasteiger partial charge in [-0.25, -0.2) is 4.98 Å². The highest BCUT2D eigenvalue weighted by Gasteiger charge is 2.20.